The minimum absolute atomic E-state index is 0.147. The van der Waals surface area contributed by atoms with Crippen molar-refractivity contribution >= 4 is 29.0 Å². The number of fused-ring (bicyclic) bond motifs is 1. The summed E-state index contributed by atoms with van der Waals surface area (Å²) in [5.74, 6) is 0.420. The first-order chi connectivity index (χ1) is 12.0. The smallest absolute Gasteiger partial charge is 0.260 e. The lowest BCUT2D eigenvalue weighted by Gasteiger charge is -2.36. The quantitative estimate of drug-likeness (QED) is 0.931. The van der Waals surface area contributed by atoms with Crippen molar-refractivity contribution in [2.45, 2.75) is 25.8 Å². The number of nitrogens with one attached hydrogen (secondary N) is 1. The van der Waals surface area contributed by atoms with Crippen molar-refractivity contribution in [3.8, 4) is 0 Å². The Morgan fingerprint density at radius 3 is 2.64 bits per heavy atom. The fourth-order valence-corrected chi connectivity index (χ4v) is 2.99. The van der Waals surface area contributed by atoms with E-state index in [0.29, 0.717) is 17.7 Å². The van der Waals surface area contributed by atoms with Gasteiger partial charge in [-0.1, -0.05) is 25.5 Å². The molecule has 2 aromatic rings. The van der Waals surface area contributed by atoms with Crippen LogP contribution in [-0.4, -0.2) is 36.9 Å². The molecule has 6 nitrogen and oxygen atoms in total. The summed E-state index contributed by atoms with van der Waals surface area (Å²) in [5.41, 5.74) is 1.85. The maximum absolute atomic E-state index is 13.2. The second-order valence-electron chi connectivity index (χ2n) is 6.29. The molecule has 0 bridgehead atoms. The molecule has 1 aromatic carbocycles. The summed E-state index contributed by atoms with van der Waals surface area (Å²) >= 11 is 0. The highest BCUT2D eigenvalue weighted by Crippen LogP contribution is 2.34. The molecule has 1 atom stereocenters. The molecule has 3 rings (SSSR count). The maximum Gasteiger partial charge on any atom is 0.260 e. The molecule has 0 radical (unpaired) electrons. The molecule has 25 heavy (non-hydrogen) atoms. The number of amides is 2. The van der Waals surface area contributed by atoms with Gasteiger partial charge in [-0.3, -0.25) is 14.5 Å². The summed E-state index contributed by atoms with van der Waals surface area (Å²) in [7, 11) is 3.79. The van der Waals surface area contributed by atoms with Gasteiger partial charge in [0.15, 0.2) is 0 Å². The third-order valence-electron chi connectivity index (χ3n) is 4.27. The fourth-order valence-electron chi connectivity index (χ4n) is 2.99. The molecule has 0 saturated heterocycles. The van der Waals surface area contributed by atoms with Gasteiger partial charge in [0.1, 0.15) is 11.9 Å². The Hall–Kier alpha value is -2.89. The minimum Gasteiger partial charge on any atom is -0.363 e. The highest BCUT2D eigenvalue weighted by atomic mass is 16.2. The molecule has 6 heteroatoms. The first kappa shape index (κ1) is 17.0. The van der Waals surface area contributed by atoms with E-state index in [1.54, 1.807) is 23.2 Å². The van der Waals surface area contributed by atoms with Gasteiger partial charge in [-0.05, 0) is 30.7 Å². The Kier molecular flexibility index (Phi) is 4.70. The number of hydrogen-bond donors (Lipinski definition) is 1. The van der Waals surface area contributed by atoms with Crippen LogP contribution in [0, 0.1) is 0 Å². The topological polar surface area (TPSA) is 65.5 Å². The molecular weight excluding hydrogens is 316 g/mol. The Balaban J connectivity index is 2.01. The van der Waals surface area contributed by atoms with Crippen LogP contribution in [0.4, 0.5) is 17.2 Å². The number of hydrogen-bond acceptors (Lipinski definition) is 4. The predicted octanol–water partition coefficient (Wildman–Crippen LogP) is 2.92. The van der Waals surface area contributed by atoms with E-state index in [1.165, 1.54) is 0 Å². The average molecular weight is 338 g/mol. The molecule has 1 aliphatic rings. The summed E-state index contributed by atoms with van der Waals surface area (Å²) in [5, 5.41) is 2.90. The summed E-state index contributed by atoms with van der Waals surface area (Å²) < 4.78 is 0. The zero-order chi connectivity index (χ0) is 18.0. The predicted molar refractivity (Wildman–Crippen MR) is 99.1 cm³/mol. The Morgan fingerprint density at radius 1 is 1.24 bits per heavy atom. The maximum atomic E-state index is 13.2. The summed E-state index contributed by atoms with van der Waals surface area (Å²) in [6.07, 6.45) is 2.98. The molecule has 1 N–H and O–H groups in total. The average Bonchev–Trinajstić information content (AvgIpc) is 2.62. The third-order valence-corrected chi connectivity index (χ3v) is 4.27. The standard InChI is InChI=1S/C19H22N4O2/c1-4-7-16-18(24)21-14-8-5-6-9-15(14)23(16)19(25)13-10-11-17(20-12-13)22(2)3/h5-6,8-12,16H,4,7H2,1-3H3,(H,21,24)/t16-/m0/s1. The number of aromatic nitrogens is 1. The van der Waals surface area contributed by atoms with Crippen LogP contribution in [0.3, 0.4) is 0 Å². The van der Waals surface area contributed by atoms with Gasteiger partial charge < -0.3 is 10.2 Å². The molecule has 1 aromatic heterocycles. The number of carbonyl (C=O) groups excluding carboxylic acids is 2. The number of anilines is 3. The van der Waals surface area contributed by atoms with Crippen LogP contribution in [0.5, 0.6) is 0 Å². The minimum atomic E-state index is -0.513. The molecule has 130 valence electrons. The van der Waals surface area contributed by atoms with E-state index in [1.807, 2.05) is 50.2 Å². The first-order valence-electron chi connectivity index (χ1n) is 8.39. The van der Waals surface area contributed by atoms with Gasteiger partial charge in [-0.25, -0.2) is 4.98 Å². The zero-order valence-corrected chi connectivity index (χ0v) is 14.7. The van der Waals surface area contributed by atoms with Crippen molar-refractivity contribution < 1.29 is 9.59 Å². The molecule has 2 amide bonds. The number of rotatable bonds is 4. The van der Waals surface area contributed by atoms with E-state index >= 15 is 0 Å². The van der Waals surface area contributed by atoms with Gasteiger partial charge in [0.2, 0.25) is 5.91 Å². The van der Waals surface area contributed by atoms with Crippen molar-refractivity contribution in [1.82, 2.24) is 4.98 Å². The van der Waals surface area contributed by atoms with Gasteiger partial charge in [0, 0.05) is 20.3 Å². The van der Waals surface area contributed by atoms with Crippen LogP contribution < -0.4 is 15.1 Å². The number of carbonyl (C=O) groups is 2. The monoisotopic (exact) mass is 338 g/mol. The Bertz CT molecular complexity index is 786. The highest BCUT2D eigenvalue weighted by Gasteiger charge is 2.36. The first-order valence-corrected chi connectivity index (χ1v) is 8.39. The van der Waals surface area contributed by atoms with Gasteiger partial charge in [-0.15, -0.1) is 0 Å². The lowest BCUT2D eigenvalue weighted by atomic mass is 10.0. The third kappa shape index (κ3) is 3.20. The molecule has 0 saturated carbocycles. The van der Waals surface area contributed by atoms with Crippen molar-refractivity contribution in [2.24, 2.45) is 0 Å². The zero-order valence-electron chi connectivity index (χ0n) is 14.7. The van der Waals surface area contributed by atoms with E-state index in [4.69, 9.17) is 0 Å². The van der Waals surface area contributed by atoms with Gasteiger partial charge >= 0.3 is 0 Å². The molecule has 1 aliphatic heterocycles. The summed E-state index contributed by atoms with van der Waals surface area (Å²) in [6, 6.07) is 10.4. The largest absolute Gasteiger partial charge is 0.363 e. The second kappa shape index (κ2) is 6.93. The molecular formula is C19H22N4O2. The summed E-state index contributed by atoms with van der Waals surface area (Å²) in [4.78, 5) is 33.5. The van der Waals surface area contributed by atoms with E-state index < -0.39 is 6.04 Å². The van der Waals surface area contributed by atoms with E-state index in [2.05, 4.69) is 10.3 Å². The van der Waals surface area contributed by atoms with Crippen molar-refractivity contribution in [3.63, 3.8) is 0 Å². The molecule has 0 unspecified atom stereocenters. The fraction of sp³-hybridized carbons (Fsp3) is 0.316. The van der Waals surface area contributed by atoms with Gasteiger partial charge in [0.05, 0.1) is 16.9 Å². The molecule has 0 spiro atoms. The number of para-hydroxylation sites is 2. The van der Waals surface area contributed by atoms with Crippen LogP contribution >= 0.6 is 0 Å². The van der Waals surface area contributed by atoms with E-state index in [9.17, 15) is 9.59 Å². The molecule has 0 fully saturated rings. The van der Waals surface area contributed by atoms with E-state index in [-0.39, 0.29) is 11.8 Å². The lowest BCUT2D eigenvalue weighted by molar-refractivity contribution is -0.117. The SMILES string of the molecule is CCC[C@H]1C(=O)Nc2ccccc2N1C(=O)c1ccc(N(C)C)nc1. The van der Waals surface area contributed by atoms with E-state index in [0.717, 1.165) is 17.9 Å². The van der Waals surface area contributed by atoms with Crippen molar-refractivity contribution in [3.05, 3.63) is 48.2 Å². The number of pyridine rings is 1. The van der Waals surface area contributed by atoms with Gasteiger partial charge in [-0.2, -0.15) is 0 Å². The molecule has 0 aliphatic carbocycles. The normalized spacial score (nSPS) is 16.2. The van der Waals surface area contributed by atoms with Gasteiger partial charge in [0.25, 0.3) is 5.91 Å². The van der Waals surface area contributed by atoms with Crippen molar-refractivity contribution in [2.75, 3.05) is 29.2 Å². The number of nitrogens with zero attached hydrogens (tertiary/aromatic N) is 3. The molecule has 2 heterocycles. The Labute approximate surface area is 147 Å². The van der Waals surface area contributed by atoms with Crippen LogP contribution in [0.1, 0.15) is 30.1 Å². The van der Waals surface area contributed by atoms with Crippen LogP contribution in [-0.2, 0) is 4.79 Å². The Morgan fingerprint density at radius 2 is 2.00 bits per heavy atom. The van der Waals surface area contributed by atoms with Crippen molar-refractivity contribution in [1.29, 1.82) is 0 Å². The van der Waals surface area contributed by atoms with Crippen LogP contribution in [0.15, 0.2) is 42.6 Å². The lowest BCUT2D eigenvalue weighted by Crippen LogP contribution is -2.51. The summed E-state index contributed by atoms with van der Waals surface area (Å²) in [6.45, 7) is 2.00. The second-order valence-corrected chi connectivity index (χ2v) is 6.29. The highest BCUT2D eigenvalue weighted by molar-refractivity contribution is 6.16. The van der Waals surface area contributed by atoms with Crippen LogP contribution in [0.25, 0.3) is 0 Å². The van der Waals surface area contributed by atoms with Crippen LogP contribution in [0.2, 0.25) is 0 Å². The number of benzene rings is 1.